The van der Waals surface area contributed by atoms with Gasteiger partial charge >= 0.3 is 0 Å². The molecule has 1 saturated heterocycles. The quantitative estimate of drug-likeness (QED) is 0.706. The standard InChI is InChI=1S/C19H18N4S2/c1-13-7-10-25-18(13)17-16(15-6-2-3-9-21-15)22-19(24)23(17)12-14-5-4-8-20-11-14/h2-11,16-17H,12H2,1H3,(H,22,24). The van der Waals surface area contributed by atoms with Gasteiger partial charge in [0.1, 0.15) is 0 Å². The van der Waals surface area contributed by atoms with Crippen LogP contribution in [0.25, 0.3) is 0 Å². The van der Waals surface area contributed by atoms with E-state index in [4.69, 9.17) is 12.2 Å². The summed E-state index contributed by atoms with van der Waals surface area (Å²) in [7, 11) is 0. The number of thiophene rings is 1. The third-order valence-electron chi connectivity index (χ3n) is 4.44. The van der Waals surface area contributed by atoms with E-state index in [9.17, 15) is 0 Å². The summed E-state index contributed by atoms with van der Waals surface area (Å²) in [6, 6.07) is 12.4. The molecule has 4 heterocycles. The van der Waals surface area contributed by atoms with Gasteiger partial charge < -0.3 is 10.2 Å². The number of hydrogen-bond donors (Lipinski definition) is 1. The third-order valence-corrected chi connectivity index (χ3v) is 5.89. The minimum Gasteiger partial charge on any atom is -0.352 e. The summed E-state index contributed by atoms with van der Waals surface area (Å²) in [5.74, 6) is 0. The summed E-state index contributed by atoms with van der Waals surface area (Å²) in [6.45, 7) is 2.88. The number of aryl methyl sites for hydroxylation is 1. The fourth-order valence-corrected chi connectivity index (χ4v) is 4.62. The van der Waals surface area contributed by atoms with Crippen molar-refractivity contribution in [1.82, 2.24) is 20.2 Å². The van der Waals surface area contributed by atoms with E-state index in [2.05, 4.69) is 50.7 Å². The average molecular weight is 367 g/mol. The number of pyridine rings is 2. The number of rotatable bonds is 4. The van der Waals surface area contributed by atoms with E-state index < -0.39 is 0 Å². The lowest BCUT2D eigenvalue weighted by Gasteiger charge is -2.27. The largest absolute Gasteiger partial charge is 0.352 e. The zero-order valence-corrected chi connectivity index (χ0v) is 15.4. The lowest BCUT2D eigenvalue weighted by atomic mass is 10.0. The fraction of sp³-hybridized carbons (Fsp3) is 0.211. The molecule has 0 saturated carbocycles. The van der Waals surface area contributed by atoms with Crippen LogP contribution >= 0.6 is 23.6 Å². The van der Waals surface area contributed by atoms with Crippen LogP contribution in [0.3, 0.4) is 0 Å². The van der Waals surface area contributed by atoms with Gasteiger partial charge in [0.15, 0.2) is 5.11 Å². The van der Waals surface area contributed by atoms with Gasteiger partial charge in [0.2, 0.25) is 0 Å². The van der Waals surface area contributed by atoms with Crippen molar-refractivity contribution in [2.24, 2.45) is 0 Å². The molecule has 3 aromatic heterocycles. The van der Waals surface area contributed by atoms with Gasteiger partial charge in [-0.05, 0) is 59.9 Å². The maximum absolute atomic E-state index is 5.68. The first-order valence-electron chi connectivity index (χ1n) is 8.15. The zero-order chi connectivity index (χ0) is 17.2. The van der Waals surface area contributed by atoms with Crippen molar-refractivity contribution in [3.63, 3.8) is 0 Å². The molecule has 0 spiro atoms. The van der Waals surface area contributed by atoms with Crippen LogP contribution in [-0.2, 0) is 6.54 Å². The molecule has 1 N–H and O–H groups in total. The lowest BCUT2D eigenvalue weighted by Crippen LogP contribution is -2.29. The summed E-state index contributed by atoms with van der Waals surface area (Å²) in [5, 5.41) is 6.39. The number of nitrogens with one attached hydrogen (secondary N) is 1. The first-order valence-corrected chi connectivity index (χ1v) is 9.44. The number of hydrogen-bond acceptors (Lipinski definition) is 4. The average Bonchev–Trinajstić information content (AvgIpc) is 3.20. The second-order valence-corrected chi connectivity index (χ2v) is 7.42. The van der Waals surface area contributed by atoms with E-state index >= 15 is 0 Å². The molecule has 25 heavy (non-hydrogen) atoms. The van der Waals surface area contributed by atoms with Crippen LogP contribution in [0.1, 0.15) is 33.8 Å². The Morgan fingerprint density at radius 3 is 2.80 bits per heavy atom. The highest BCUT2D eigenvalue weighted by molar-refractivity contribution is 7.80. The fourth-order valence-electron chi connectivity index (χ4n) is 3.24. The Bertz CT molecular complexity index is 863. The molecule has 3 aromatic rings. The second-order valence-electron chi connectivity index (χ2n) is 6.08. The molecule has 1 aliphatic rings. The van der Waals surface area contributed by atoms with E-state index in [1.54, 1.807) is 17.5 Å². The summed E-state index contributed by atoms with van der Waals surface area (Å²) in [5.41, 5.74) is 3.45. The van der Waals surface area contributed by atoms with Crippen molar-refractivity contribution in [1.29, 1.82) is 0 Å². The van der Waals surface area contributed by atoms with Crippen LogP contribution in [0.5, 0.6) is 0 Å². The highest BCUT2D eigenvalue weighted by Gasteiger charge is 2.40. The van der Waals surface area contributed by atoms with Gasteiger partial charge in [0, 0.05) is 30.0 Å². The van der Waals surface area contributed by atoms with Gasteiger partial charge in [-0.1, -0.05) is 12.1 Å². The Labute approximate surface area is 156 Å². The topological polar surface area (TPSA) is 41.1 Å². The molecular weight excluding hydrogens is 348 g/mol. The molecule has 2 unspecified atom stereocenters. The first kappa shape index (κ1) is 16.2. The molecule has 0 bridgehead atoms. The predicted molar refractivity (Wildman–Crippen MR) is 104 cm³/mol. The van der Waals surface area contributed by atoms with Crippen molar-refractivity contribution >= 4 is 28.7 Å². The summed E-state index contributed by atoms with van der Waals surface area (Å²) < 4.78 is 0. The van der Waals surface area contributed by atoms with Crippen LogP contribution in [0.2, 0.25) is 0 Å². The summed E-state index contributed by atoms with van der Waals surface area (Å²) >= 11 is 7.46. The van der Waals surface area contributed by atoms with Crippen LogP contribution in [0, 0.1) is 6.92 Å². The number of aromatic nitrogens is 2. The molecule has 4 nitrogen and oxygen atoms in total. The molecule has 2 atom stereocenters. The Hall–Kier alpha value is -2.31. The molecular formula is C19H18N4S2. The predicted octanol–water partition coefficient (Wildman–Crippen LogP) is 4.02. The van der Waals surface area contributed by atoms with Crippen LogP contribution in [-0.4, -0.2) is 20.0 Å². The van der Waals surface area contributed by atoms with E-state index in [1.807, 2.05) is 30.6 Å². The van der Waals surface area contributed by atoms with Crippen LogP contribution in [0.15, 0.2) is 60.4 Å². The Morgan fingerprint density at radius 2 is 2.12 bits per heavy atom. The minimum absolute atomic E-state index is 0.0442. The zero-order valence-electron chi connectivity index (χ0n) is 13.8. The van der Waals surface area contributed by atoms with Gasteiger partial charge in [-0.25, -0.2) is 0 Å². The molecule has 0 amide bonds. The van der Waals surface area contributed by atoms with Crippen LogP contribution in [0.4, 0.5) is 0 Å². The third kappa shape index (κ3) is 3.15. The number of nitrogens with zero attached hydrogens (tertiary/aromatic N) is 3. The van der Waals surface area contributed by atoms with Gasteiger partial charge in [-0.3, -0.25) is 9.97 Å². The van der Waals surface area contributed by atoms with Crippen LogP contribution < -0.4 is 5.32 Å². The molecule has 126 valence electrons. The Kier molecular flexibility index (Phi) is 4.46. The van der Waals surface area contributed by atoms with E-state index in [1.165, 1.54) is 10.4 Å². The maximum atomic E-state index is 5.68. The molecule has 0 radical (unpaired) electrons. The van der Waals surface area contributed by atoms with Gasteiger partial charge in [-0.2, -0.15) is 0 Å². The van der Waals surface area contributed by atoms with Crippen molar-refractivity contribution in [2.75, 3.05) is 0 Å². The van der Waals surface area contributed by atoms with E-state index in [0.717, 1.165) is 22.9 Å². The smallest absolute Gasteiger partial charge is 0.170 e. The summed E-state index contributed by atoms with van der Waals surface area (Å²) in [6.07, 6.45) is 5.53. The van der Waals surface area contributed by atoms with Gasteiger partial charge in [0.25, 0.3) is 0 Å². The highest BCUT2D eigenvalue weighted by Crippen LogP contribution is 2.42. The summed E-state index contributed by atoms with van der Waals surface area (Å²) in [4.78, 5) is 12.4. The molecule has 6 heteroatoms. The lowest BCUT2D eigenvalue weighted by molar-refractivity contribution is 0.314. The van der Waals surface area contributed by atoms with E-state index in [0.29, 0.717) is 0 Å². The van der Waals surface area contributed by atoms with E-state index in [-0.39, 0.29) is 12.1 Å². The normalized spacial score (nSPS) is 19.9. The van der Waals surface area contributed by atoms with Gasteiger partial charge in [-0.15, -0.1) is 11.3 Å². The Balaban J connectivity index is 1.74. The van der Waals surface area contributed by atoms with Gasteiger partial charge in [0.05, 0.1) is 17.8 Å². The minimum atomic E-state index is 0.0442. The van der Waals surface area contributed by atoms with Crippen molar-refractivity contribution in [3.8, 4) is 0 Å². The second kappa shape index (κ2) is 6.90. The molecule has 4 rings (SSSR count). The van der Waals surface area contributed by atoms with Crippen molar-refractivity contribution < 1.29 is 0 Å². The first-order chi connectivity index (χ1) is 12.2. The maximum Gasteiger partial charge on any atom is 0.170 e. The molecule has 0 aromatic carbocycles. The van der Waals surface area contributed by atoms with Crippen molar-refractivity contribution in [3.05, 3.63) is 82.1 Å². The van der Waals surface area contributed by atoms with Crippen molar-refractivity contribution in [2.45, 2.75) is 25.6 Å². The number of thiocarbonyl (C=S) groups is 1. The highest BCUT2D eigenvalue weighted by atomic mass is 32.1. The Morgan fingerprint density at radius 1 is 1.20 bits per heavy atom. The monoisotopic (exact) mass is 366 g/mol. The SMILES string of the molecule is Cc1ccsc1C1C(c2ccccn2)NC(=S)N1Cc1cccnc1. The molecule has 1 fully saturated rings. The molecule has 1 aliphatic heterocycles. The molecule has 0 aliphatic carbocycles.